The summed E-state index contributed by atoms with van der Waals surface area (Å²) in [5.74, 6) is 0.883. The number of fused-ring (bicyclic) bond motifs is 1. The summed E-state index contributed by atoms with van der Waals surface area (Å²) in [5.41, 5.74) is 0.928. The lowest BCUT2D eigenvalue weighted by atomic mass is 10.2. The minimum atomic E-state index is 0.883. The van der Waals surface area contributed by atoms with Crippen molar-refractivity contribution in [2.75, 3.05) is 11.9 Å². The lowest BCUT2D eigenvalue weighted by Gasteiger charge is -2.08. The van der Waals surface area contributed by atoms with Crippen molar-refractivity contribution < 1.29 is 0 Å². The molecule has 0 saturated carbocycles. The Morgan fingerprint density at radius 2 is 2.06 bits per heavy atom. The summed E-state index contributed by atoms with van der Waals surface area (Å²) in [6.45, 7) is 3.04. The van der Waals surface area contributed by atoms with E-state index in [4.69, 9.17) is 0 Å². The molecule has 0 aliphatic carbocycles. The van der Waals surface area contributed by atoms with Crippen LogP contribution in [-0.4, -0.2) is 16.5 Å². The zero-order valence-corrected chi connectivity index (χ0v) is 12.0. The van der Waals surface area contributed by atoms with Crippen LogP contribution in [0.25, 0.3) is 10.9 Å². The molecule has 0 aliphatic rings. The monoisotopic (exact) mass is 343 g/mol. The fourth-order valence-electron chi connectivity index (χ4n) is 1.48. The third-order valence-corrected chi connectivity index (χ3v) is 3.26. The highest BCUT2D eigenvalue weighted by molar-refractivity contribution is 9.11. The summed E-state index contributed by atoms with van der Waals surface area (Å²) in [6, 6.07) is 4.01. The fraction of sp³-hybridized carbons (Fsp3) is 0.273. The molecule has 2 rings (SSSR count). The number of benzene rings is 1. The van der Waals surface area contributed by atoms with Gasteiger partial charge in [-0.05, 0) is 34.5 Å². The van der Waals surface area contributed by atoms with Gasteiger partial charge in [0.1, 0.15) is 12.1 Å². The first-order chi connectivity index (χ1) is 7.72. The zero-order chi connectivity index (χ0) is 11.5. The van der Waals surface area contributed by atoms with Crippen LogP contribution in [0.15, 0.2) is 27.4 Å². The number of halogens is 2. The molecule has 2 aromatic rings. The maximum Gasteiger partial charge on any atom is 0.137 e. The van der Waals surface area contributed by atoms with Crippen LogP contribution in [0.3, 0.4) is 0 Å². The van der Waals surface area contributed by atoms with Crippen LogP contribution in [0.1, 0.15) is 13.3 Å². The fourth-order valence-corrected chi connectivity index (χ4v) is 2.80. The van der Waals surface area contributed by atoms with Crippen LogP contribution in [0.2, 0.25) is 0 Å². The van der Waals surface area contributed by atoms with Crippen LogP contribution in [0.5, 0.6) is 0 Å². The molecule has 5 heteroatoms. The molecule has 0 amide bonds. The standard InChI is InChI=1S/C11H11Br2N3/c1-2-3-14-11-8-4-7(12)5-9(13)10(8)15-6-16-11/h4-6H,2-3H2,1H3,(H,14,15,16). The normalized spacial score (nSPS) is 10.7. The Labute approximate surface area is 111 Å². The van der Waals surface area contributed by atoms with Crippen molar-refractivity contribution in [1.29, 1.82) is 0 Å². The molecular weight excluding hydrogens is 334 g/mol. The Morgan fingerprint density at radius 1 is 1.25 bits per heavy atom. The average molecular weight is 345 g/mol. The molecule has 1 heterocycles. The first-order valence-electron chi connectivity index (χ1n) is 5.06. The largest absolute Gasteiger partial charge is 0.369 e. The molecule has 0 atom stereocenters. The van der Waals surface area contributed by atoms with Crippen LogP contribution < -0.4 is 5.32 Å². The van der Waals surface area contributed by atoms with E-state index >= 15 is 0 Å². The molecule has 0 spiro atoms. The number of hydrogen-bond acceptors (Lipinski definition) is 3. The molecule has 0 unspecified atom stereocenters. The van der Waals surface area contributed by atoms with Crippen molar-refractivity contribution in [1.82, 2.24) is 9.97 Å². The molecule has 0 radical (unpaired) electrons. The van der Waals surface area contributed by atoms with E-state index in [1.165, 1.54) is 0 Å². The predicted octanol–water partition coefficient (Wildman–Crippen LogP) is 3.98. The molecule has 0 saturated heterocycles. The number of nitrogens with one attached hydrogen (secondary N) is 1. The molecule has 84 valence electrons. The van der Waals surface area contributed by atoms with Crippen molar-refractivity contribution in [3.05, 3.63) is 27.4 Å². The molecule has 16 heavy (non-hydrogen) atoms. The van der Waals surface area contributed by atoms with Crippen molar-refractivity contribution in [2.45, 2.75) is 13.3 Å². The number of aromatic nitrogens is 2. The van der Waals surface area contributed by atoms with Gasteiger partial charge >= 0.3 is 0 Å². The minimum absolute atomic E-state index is 0.883. The smallest absolute Gasteiger partial charge is 0.137 e. The predicted molar refractivity (Wildman–Crippen MR) is 73.7 cm³/mol. The van der Waals surface area contributed by atoms with E-state index in [0.29, 0.717) is 0 Å². The van der Waals surface area contributed by atoms with Crippen LogP contribution in [0, 0.1) is 0 Å². The maximum atomic E-state index is 4.27. The van der Waals surface area contributed by atoms with Gasteiger partial charge in [-0.2, -0.15) is 0 Å². The Hall–Kier alpha value is -0.680. The van der Waals surface area contributed by atoms with E-state index in [9.17, 15) is 0 Å². The SMILES string of the molecule is CCCNc1ncnc2c(Br)cc(Br)cc12. The van der Waals surface area contributed by atoms with Gasteiger partial charge in [-0.3, -0.25) is 0 Å². The van der Waals surface area contributed by atoms with Gasteiger partial charge in [0.05, 0.1) is 5.52 Å². The van der Waals surface area contributed by atoms with Crippen molar-refractivity contribution in [2.24, 2.45) is 0 Å². The summed E-state index contributed by atoms with van der Waals surface area (Å²) in [6.07, 6.45) is 2.65. The van der Waals surface area contributed by atoms with E-state index in [0.717, 1.165) is 38.6 Å². The van der Waals surface area contributed by atoms with Gasteiger partial charge < -0.3 is 5.32 Å². The van der Waals surface area contributed by atoms with E-state index in [1.54, 1.807) is 6.33 Å². The summed E-state index contributed by atoms with van der Waals surface area (Å²) in [5, 5.41) is 4.32. The highest BCUT2D eigenvalue weighted by Gasteiger charge is 2.07. The van der Waals surface area contributed by atoms with Crippen LogP contribution in [0.4, 0.5) is 5.82 Å². The second-order valence-corrected chi connectivity index (χ2v) is 5.20. The highest BCUT2D eigenvalue weighted by atomic mass is 79.9. The second-order valence-electron chi connectivity index (χ2n) is 3.43. The van der Waals surface area contributed by atoms with Crippen LogP contribution in [-0.2, 0) is 0 Å². The van der Waals surface area contributed by atoms with Gasteiger partial charge in [-0.1, -0.05) is 22.9 Å². The summed E-state index contributed by atoms with van der Waals surface area (Å²) in [4.78, 5) is 8.53. The van der Waals surface area contributed by atoms with Gasteiger partial charge in [0.15, 0.2) is 0 Å². The van der Waals surface area contributed by atoms with Crippen molar-refractivity contribution in [3.63, 3.8) is 0 Å². The summed E-state index contributed by atoms with van der Waals surface area (Å²) in [7, 11) is 0. The van der Waals surface area contributed by atoms with Gasteiger partial charge in [-0.25, -0.2) is 9.97 Å². The lowest BCUT2D eigenvalue weighted by molar-refractivity contribution is 0.969. The minimum Gasteiger partial charge on any atom is -0.369 e. The molecule has 0 aliphatic heterocycles. The number of anilines is 1. The van der Waals surface area contributed by atoms with E-state index in [1.807, 2.05) is 12.1 Å². The third kappa shape index (κ3) is 2.35. The van der Waals surface area contributed by atoms with E-state index < -0.39 is 0 Å². The number of nitrogens with zero attached hydrogens (tertiary/aromatic N) is 2. The molecule has 0 fully saturated rings. The van der Waals surface area contributed by atoms with Crippen molar-refractivity contribution >= 4 is 48.6 Å². The second kappa shape index (κ2) is 5.10. The average Bonchev–Trinajstić information content (AvgIpc) is 2.26. The summed E-state index contributed by atoms with van der Waals surface area (Å²) >= 11 is 6.97. The van der Waals surface area contributed by atoms with E-state index in [-0.39, 0.29) is 0 Å². The Balaban J connectivity index is 2.57. The first-order valence-corrected chi connectivity index (χ1v) is 6.64. The quantitative estimate of drug-likeness (QED) is 0.915. The molecule has 3 nitrogen and oxygen atoms in total. The molecular formula is C11H11Br2N3. The van der Waals surface area contributed by atoms with E-state index in [2.05, 4.69) is 54.1 Å². The Kier molecular flexibility index (Phi) is 3.76. The molecule has 1 aromatic carbocycles. The van der Waals surface area contributed by atoms with Gasteiger partial charge in [0, 0.05) is 20.9 Å². The van der Waals surface area contributed by atoms with Gasteiger partial charge in [-0.15, -0.1) is 0 Å². The topological polar surface area (TPSA) is 37.8 Å². The van der Waals surface area contributed by atoms with Gasteiger partial charge in [0.25, 0.3) is 0 Å². The molecule has 1 aromatic heterocycles. The molecule has 1 N–H and O–H groups in total. The maximum absolute atomic E-state index is 4.27. The Bertz CT molecular complexity index is 514. The third-order valence-electron chi connectivity index (χ3n) is 2.20. The molecule has 0 bridgehead atoms. The first kappa shape index (κ1) is 11.8. The van der Waals surface area contributed by atoms with Gasteiger partial charge in [0.2, 0.25) is 0 Å². The lowest BCUT2D eigenvalue weighted by Crippen LogP contribution is -2.03. The number of rotatable bonds is 3. The highest BCUT2D eigenvalue weighted by Crippen LogP contribution is 2.30. The summed E-state index contributed by atoms with van der Waals surface area (Å²) < 4.78 is 1.99. The number of hydrogen-bond donors (Lipinski definition) is 1. The zero-order valence-electron chi connectivity index (χ0n) is 8.80. The van der Waals surface area contributed by atoms with Crippen LogP contribution >= 0.6 is 31.9 Å². The van der Waals surface area contributed by atoms with Crippen molar-refractivity contribution in [3.8, 4) is 0 Å². The Morgan fingerprint density at radius 3 is 2.81 bits per heavy atom.